The molecule has 164 valence electrons. The topological polar surface area (TPSA) is 63.6 Å². The maximum absolute atomic E-state index is 12.5. The molecule has 0 amide bonds. The summed E-state index contributed by atoms with van der Waals surface area (Å²) in [7, 11) is 0. The average molecular weight is 405 g/mol. The first-order chi connectivity index (χ1) is 13.4. The lowest BCUT2D eigenvalue weighted by atomic mass is 9.41. The highest BCUT2D eigenvalue weighted by atomic mass is 16.5. The molecule has 4 aliphatic carbocycles. The van der Waals surface area contributed by atoms with Crippen LogP contribution in [0, 0.1) is 46.3 Å². The molecular weight excluding hydrogens is 364 g/mol. The van der Waals surface area contributed by atoms with Gasteiger partial charge in [0.2, 0.25) is 0 Å². The number of rotatable bonds is 2. The monoisotopic (exact) mass is 404 g/mol. The third-order valence-corrected chi connectivity index (χ3v) is 10.3. The Labute approximate surface area is 176 Å². The zero-order valence-corrected chi connectivity index (χ0v) is 19.2. The van der Waals surface area contributed by atoms with Gasteiger partial charge in [0.15, 0.2) is 0 Å². The van der Waals surface area contributed by atoms with Gasteiger partial charge in [0.05, 0.1) is 5.60 Å². The minimum atomic E-state index is -0.773. The van der Waals surface area contributed by atoms with Crippen molar-refractivity contribution in [2.45, 2.75) is 98.2 Å². The van der Waals surface area contributed by atoms with E-state index in [4.69, 9.17) is 4.74 Å². The predicted octanol–water partition coefficient (Wildman–Crippen LogP) is 4.77. The average Bonchev–Trinajstić information content (AvgIpc) is 2.87. The molecule has 0 radical (unpaired) electrons. The van der Waals surface area contributed by atoms with E-state index in [1.807, 2.05) is 0 Å². The molecule has 10 atom stereocenters. The molecule has 0 bridgehead atoms. The van der Waals surface area contributed by atoms with E-state index < -0.39 is 5.60 Å². The smallest absolute Gasteiger partial charge is 0.302 e. The van der Waals surface area contributed by atoms with Gasteiger partial charge in [-0.1, -0.05) is 27.7 Å². The maximum atomic E-state index is 12.5. The Kier molecular flexibility index (Phi) is 5.00. The number of hydrogen-bond acceptors (Lipinski definition) is 4. The van der Waals surface area contributed by atoms with E-state index in [2.05, 4.69) is 27.7 Å². The zero-order chi connectivity index (χ0) is 21.4. The molecule has 29 heavy (non-hydrogen) atoms. The first-order valence-corrected chi connectivity index (χ1v) is 11.8. The summed E-state index contributed by atoms with van der Waals surface area (Å²) in [6.45, 7) is 12.4. The third kappa shape index (κ3) is 2.87. The van der Waals surface area contributed by atoms with Crippen LogP contribution in [0.4, 0.5) is 0 Å². The Morgan fingerprint density at radius 1 is 1.00 bits per heavy atom. The number of carbonyl (C=O) groups excluding carboxylic acids is 2. The van der Waals surface area contributed by atoms with Crippen molar-refractivity contribution in [3.8, 4) is 0 Å². The molecule has 0 aromatic heterocycles. The van der Waals surface area contributed by atoms with Gasteiger partial charge in [-0.05, 0) is 85.9 Å². The Balaban J connectivity index is 1.65. The van der Waals surface area contributed by atoms with Crippen molar-refractivity contribution in [2.24, 2.45) is 46.3 Å². The van der Waals surface area contributed by atoms with Crippen molar-refractivity contribution in [3.63, 3.8) is 0 Å². The number of carbonyl (C=O) groups is 2. The fraction of sp³-hybridized carbons (Fsp3) is 0.920. The van der Waals surface area contributed by atoms with Gasteiger partial charge in [0.1, 0.15) is 11.9 Å². The van der Waals surface area contributed by atoms with E-state index in [9.17, 15) is 14.7 Å². The summed E-state index contributed by atoms with van der Waals surface area (Å²) in [6, 6.07) is 0. The van der Waals surface area contributed by atoms with Gasteiger partial charge in [-0.3, -0.25) is 9.59 Å². The molecule has 0 aliphatic heterocycles. The lowest BCUT2D eigenvalue weighted by Crippen LogP contribution is -2.66. The van der Waals surface area contributed by atoms with Crippen LogP contribution in [-0.4, -0.2) is 28.6 Å². The fourth-order valence-electron chi connectivity index (χ4n) is 9.21. The fourth-order valence-corrected chi connectivity index (χ4v) is 9.21. The summed E-state index contributed by atoms with van der Waals surface area (Å²) in [5.74, 6) is 2.63. The second-order valence-electron chi connectivity index (χ2n) is 11.7. The van der Waals surface area contributed by atoms with Crippen LogP contribution < -0.4 is 0 Å². The summed E-state index contributed by atoms with van der Waals surface area (Å²) in [5.41, 5.74) is -0.789. The van der Waals surface area contributed by atoms with Crippen molar-refractivity contribution >= 4 is 11.8 Å². The lowest BCUT2D eigenvalue weighted by molar-refractivity contribution is -0.246. The van der Waals surface area contributed by atoms with Gasteiger partial charge in [0.25, 0.3) is 0 Å². The normalized spacial score (nSPS) is 54.1. The SMILES string of the molecule is CC(=O)OC1CCC2(C)C3CCC4(C)C(CC(C)C4C(C)=O)C3CC(C)C2(O)C1. The quantitative estimate of drug-likeness (QED) is 0.673. The van der Waals surface area contributed by atoms with Crippen LogP contribution in [0.25, 0.3) is 0 Å². The highest BCUT2D eigenvalue weighted by molar-refractivity contribution is 5.80. The second-order valence-corrected chi connectivity index (χ2v) is 11.7. The van der Waals surface area contributed by atoms with E-state index >= 15 is 0 Å². The Hall–Kier alpha value is -0.900. The van der Waals surface area contributed by atoms with E-state index in [0.717, 1.165) is 38.5 Å². The standard InChI is InChI=1S/C25H40O4/c1-14-11-21-19-12-15(2)25(28)13-18(29-17(4)27)7-10-24(25,6)20(19)8-9-23(21,5)22(14)16(3)26/h14-15,18-22,28H,7-13H2,1-6H3. The molecule has 4 aliphatic rings. The number of ketones is 1. The van der Waals surface area contributed by atoms with Gasteiger partial charge in [-0.25, -0.2) is 0 Å². The van der Waals surface area contributed by atoms with Crippen LogP contribution in [-0.2, 0) is 14.3 Å². The number of aliphatic hydroxyl groups is 1. The molecule has 0 aromatic carbocycles. The van der Waals surface area contributed by atoms with Crippen molar-refractivity contribution in [3.05, 3.63) is 0 Å². The predicted molar refractivity (Wildman–Crippen MR) is 112 cm³/mol. The minimum Gasteiger partial charge on any atom is -0.462 e. The molecule has 4 fully saturated rings. The van der Waals surface area contributed by atoms with Crippen molar-refractivity contribution in [2.75, 3.05) is 0 Å². The molecule has 0 spiro atoms. The largest absolute Gasteiger partial charge is 0.462 e. The van der Waals surface area contributed by atoms with Crippen LogP contribution >= 0.6 is 0 Å². The number of Topliss-reactive ketones (excluding diaryl/α,β-unsaturated/α-hetero) is 1. The molecule has 10 unspecified atom stereocenters. The van der Waals surface area contributed by atoms with Crippen molar-refractivity contribution < 1.29 is 19.4 Å². The van der Waals surface area contributed by atoms with E-state index in [-0.39, 0.29) is 34.7 Å². The molecule has 4 rings (SSSR count). The summed E-state index contributed by atoms with van der Waals surface area (Å²) >= 11 is 0. The number of hydrogen-bond donors (Lipinski definition) is 1. The summed E-state index contributed by atoms with van der Waals surface area (Å²) in [4.78, 5) is 24.0. The number of esters is 1. The summed E-state index contributed by atoms with van der Waals surface area (Å²) in [6.07, 6.45) is 6.57. The number of fused-ring (bicyclic) bond motifs is 5. The Bertz CT molecular complexity index is 703. The molecule has 0 aromatic rings. The molecule has 4 nitrogen and oxygen atoms in total. The van der Waals surface area contributed by atoms with Gasteiger partial charge in [0, 0.05) is 19.3 Å². The highest BCUT2D eigenvalue weighted by Gasteiger charge is 2.67. The van der Waals surface area contributed by atoms with Gasteiger partial charge in [-0.15, -0.1) is 0 Å². The van der Waals surface area contributed by atoms with E-state index in [0.29, 0.717) is 35.9 Å². The van der Waals surface area contributed by atoms with Crippen LogP contribution in [0.5, 0.6) is 0 Å². The number of ether oxygens (including phenoxy) is 1. The minimum absolute atomic E-state index is 0.118. The molecule has 1 N–H and O–H groups in total. The molecule has 0 saturated heterocycles. The summed E-state index contributed by atoms with van der Waals surface area (Å²) < 4.78 is 5.54. The van der Waals surface area contributed by atoms with Crippen molar-refractivity contribution in [1.82, 2.24) is 0 Å². The second kappa shape index (κ2) is 6.80. The highest BCUT2D eigenvalue weighted by Crippen LogP contribution is 2.70. The first kappa shape index (κ1) is 21.3. The summed E-state index contributed by atoms with van der Waals surface area (Å²) in [5, 5.41) is 12.0. The molecular formula is C25H40O4. The zero-order valence-electron chi connectivity index (χ0n) is 19.2. The van der Waals surface area contributed by atoms with Gasteiger partial charge in [-0.2, -0.15) is 0 Å². The van der Waals surface area contributed by atoms with Crippen LogP contribution in [0.3, 0.4) is 0 Å². The Morgan fingerprint density at radius 3 is 2.31 bits per heavy atom. The first-order valence-electron chi connectivity index (χ1n) is 11.8. The van der Waals surface area contributed by atoms with Gasteiger partial charge < -0.3 is 9.84 Å². The molecule has 4 heteroatoms. The van der Waals surface area contributed by atoms with Gasteiger partial charge >= 0.3 is 5.97 Å². The molecule has 0 heterocycles. The Morgan fingerprint density at radius 2 is 1.69 bits per heavy atom. The van der Waals surface area contributed by atoms with E-state index in [1.165, 1.54) is 6.92 Å². The van der Waals surface area contributed by atoms with Crippen molar-refractivity contribution in [1.29, 1.82) is 0 Å². The third-order valence-electron chi connectivity index (χ3n) is 10.3. The van der Waals surface area contributed by atoms with Crippen LogP contribution in [0.1, 0.15) is 86.5 Å². The van der Waals surface area contributed by atoms with Crippen LogP contribution in [0.15, 0.2) is 0 Å². The lowest BCUT2D eigenvalue weighted by Gasteiger charge is -2.66. The molecule has 4 saturated carbocycles. The maximum Gasteiger partial charge on any atom is 0.302 e. The van der Waals surface area contributed by atoms with E-state index in [1.54, 1.807) is 6.92 Å². The van der Waals surface area contributed by atoms with Crippen LogP contribution in [0.2, 0.25) is 0 Å².